The topological polar surface area (TPSA) is 86.7 Å². The van der Waals surface area contributed by atoms with E-state index >= 15 is 0 Å². The highest BCUT2D eigenvalue weighted by atomic mass is 16.3. The van der Waals surface area contributed by atoms with E-state index in [0.717, 1.165) is 17.7 Å². The number of aliphatic hydroxyl groups is 1. The Morgan fingerprint density at radius 3 is 2.62 bits per heavy atom. The van der Waals surface area contributed by atoms with Gasteiger partial charge in [0.15, 0.2) is 0 Å². The number of benzene rings is 1. The predicted octanol–water partition coefficient (Wildman–Crippen LogP) is 0.556. The van der Waals surface area contributed by atoms with Gasteiger partial charge in [-0.3, -0.25) is 19.3 Å². The van der Waals surface area contributed by atoms with Crippen LogP contribution in [0.4, 0.5) is 0 Å². The number of carbonyl (C=O) groups excluding carboxylic acids is 3. The maximum absolute atomic E-state index is 12.2. The Morgan fingerprint density at radius 2 is 1.95 bits per heavy atom. The molecule has 1 heterocycles. The zero-order chi connectivity index (χ0) is 15.1. The van der Waals surface area contributed by atoms with E-state index < -0.39 is 12.0 Å². The van der Waals surface area contributed by atoms with Gasteiger partial charge < -0.3 is 10.4 Å². The Kier molecular flexibility index (Phi) is 3.25. The lowest BCUT2D eigenvalue weighted by atomic mass is 10.0. The molecular formula is C15H16N2O4. The number of nitrogens with one attached hydrogen (secondary N) is 1. The third-order valence-electron chi connectivity index (χ3n) is 4.15. The summed E-state index contributed by atoms with van der Waals surface area (Å²) >= 11 is 0. The fourth-order valence-electron chi connectivity index (χ4n) is 2.86. The molecule has 2 N–H and O–H groups in total. The van der Waals surface area contributed by atoms with Crippen molar-refractivity contribution >= 4 is 17.7 Å². The standard InChI is InChI=1S/C15H16N2O4/c1-17-14(20)9-6-5-8(7-10(9)15(17)21)13(19)16-11-3-2-4-12(11)18/h5-7,11-12,18H,2-4H2,1H3,(H,16,19)/t11-,12-/m1/s1. The molecule has 1 aromatic carbocycles. The molecule has 0 bridgehead atoms. The van der Waals surface area contributed by atoms with Crippen LogP contribution in [-0.4, -0.2) is 46.9 Å². The number of imide groups is 1. The largest absolute Gasteiger partial charge is 0.391 e. The van der Waals surface area contributed by atoms with Gasteiger partial charge in [-0.1, -0.05) is 0 Å². The SMILES string of the molecule is CN1C(=O)c2ccc(C(=O)N[C@@H]3CCC[C@H]3O)cc2C1=O. The molecule has 0 radical (unpaired) electrons. The molecule has 6 heteroatoms. The molecule has 1 aromatic rings. The van der Waals surface area contributed by atoms with E-state index in [1.54, 1.807) is 0 Å². The van der Waals surface area contributed by atoms with E-state index in [-0.39, 0.29) is 23.4 Å². The number of rotatable bonds is 2. The van der Waals surface area contributed by atoms with E-state index in [2.05, 4.69) is 5.32 Å². The second-order valence-corrected chi connectivity index (χ2v) is 5.51. The first-order valence-electron chi connectivity index (χ1n) is 6.94. The molecule has 0 unspecified atom stereocenters. The fraction of sp³-hybridized carbons (Fsp3) is 0.400. The monoisotopic (exact) mass is 288 g/mol. The Hall–Kier alpha value is -2.21. The van der Waals surface area contributed by atoms with Crippen molar-refractivity contribution in [3.63, 3.8) is 0 Å². The summed E-state index contributed by atoms with van der Waals surface area (Å²) in [6, 6.07) is 4.22. The van der Waals surface area contributed by atoms with E-state index in [1.165, 1.54) is 25.2 Å². The number of fused-ring (bicyclic) bond motifs is 1. The first kappa shape index (κ1) is 13.8. The van der Waals surface area contributed by atoms with Gasteiger partial charge in [0.2, 0.25) is 0 Å². The number of aliphatic hydroxyl groups excluding tert-OH is 1. The molecule has 2 aliphatic rings. The van der Waals surface area contributed by atoms with Crippen LogP contribution in [0.15, 0.2) is 18.2 Å². The Bertz CT molecular complexity index is 641. The maximum Gasteiger partial charge on any atom is 0.261 e. The van der Waals surface area contributed by atoms with E-state index in [4.69, 9.17) is 0 Å². The van der Waals surface area contributed by atoms with Crippen LogP contribution in [0.2, 0.25) is 0 Å². The van der Waals surface area contributed by atoms with Crippen LogP contribution in [0.5, 0.6) is 0 Å². The van der Waals surface area contributed by atoms with Gasteiger partial charge in [-0.05, 0) is 37.5 Å². The predicted molar refractivity (Wildman–Crippen MR) is 74.0 cm³/mol. The summed E-state index contributed by atoms with van der Waals surface area (Å²) in [5.74, 6) is -1.09. The number of nitrogens with zero attached hydrogens (tertiary/aromatic N) is 1. The molecule has 21 heavy (non-hydrogen) atoms. The van der Waals surface area contributed by atoms with Gasteiger partial charge in [0.05, 0.1) is 23.3 Å². The molecular weight excluding hydrogens is 272 g/mol. The van der Waals surface area contributed by atoms with Crippen LogP contribution in [0, 0.1) is 0 Å². The minimum atomic E-state index is -0.516. The highest BCUT2D eigenvalue weighted by molar-refractivity contribution is 6.21. The third-order valence-corrected chi connectivity index (χ3v) is 4.15. The minimum Gasteiger partial charge on any atom is -0.391 e. The molecule has 2 atom stereocenters. The molecule has 0 spiro atoms. The smallest absolute Gasteiger partial charge is 0.261 e. The van der Waals surface area contributed by atoms with Gasteiger partial charge >= 0.3 is 0 Å². The second-order valence-electron chi connectivity index (χ2n) is 5.51. The summed E-state index contributed by atoms with van der Waals surface area (Å²) in [6.45, 7) is 0. The molecule has 1 fully saturated rings. The summed E-state index contributed by atoms with van der Waals surface area (Å²) < 4.78 is 0. The highest BCUT2D eigenvalue weighted by Gasteiger charge is 2.33. The van der Waals surface area contributed by atoms with Gasteiger partial charge in [-0.25, -0.2) is 0 Å². The van der Waals surface area contributed by atoms with Gasteiger partial charge in [0.1, 0.15) is 0 Å². The van der Waals surface area contributed by atoms with Crippen molar-refractivity contribution in [1.82, 2.24) is 10.2 Å². The first-order valence-corrected chi connectivity index (χ1v) is 6.94. The molecule has 3 amide bonds. The van der Waals surface area contributed by atoms with Crippen molar-refractivity contribution in [3.05, 3.63) is 34.9 Å². The molecule has 1 aliphatic carbocycles. The zero-order valence-corrected chi connectivity index (χ0v) is 11.6. The van der Waals surface area contributed by atoms with Crippen LogP contribution in [0.1, 0.15) is 50.3 Å². The van der Waals surface area contributed by atoms with Gasteiger partial charge in [0, 0.05) is 12.6 Å². The Labute approximate surface area is 121 Å². The molecule has 110 valence electrons. The summed E-state index contributed by atoms with van der Waals surface area (Å²) in [5, 5.41) is 12.5. The van der Waals surface area contributed by atoms with E-state index in [1.807, 2.05) is 0 Å². The van der Waals surface area contributed by atoms with Crippen molar-refractivity contribution in [3.8, 4) is 0 Å². The van der Waals surface area contributed by atoms with Crippen molar-refractivity contribution in [2.75, 3.05) is 7.05 Å². The second kappa shape index (κ2) is 4.96. The third kappa shape index (κ3) is 2.21. The van der Waals surface area contributed by atoms with Gasteiger partial charge in [0.25, 0.3) is 17.7 Å². The normalized spacial score (nSPS) is 24.4. The molecule has 3 rings (SSSR count). The van der Waals surface area contributed by atoms with Crippen molar-refractivity contribution in [1.29, 1.82) is 0 Å². The average molecular weight is 288 g/mol. The van der Waals surface area contributed by atoms with Crippen LogP contribution in [0.25, 0.3) is 0 Å². The quantitative estimate of drug-likeness (QED) is 0.778. The minimum absolute atomic E-state index is 0.245. The van der Waals surface area contributed by atoms with E-state index in [0.29, 0.717) is 17.5 Å². The zero-order valence-electron chi connectivity index (χ0n) is 11.6. The Balaban J connectivity index is 1.83. The lowest BCUT2D eigenvalue weighted by Crippen LogP contribution is -2.39. The molecule has 0 saturated heterocycles. The van der Waals surface area contributed by atoms with Crippen molar-refractivity contribution in [2.45, 2.75) is 31.4 Å². The maximum atomic E-state index is 12.2. The van der Waals surface area contributed by atoms with Crippen LogP contribution in [0.3, 0.4) is 0 Å². The summed E-state index contributed by atoms with van der Waals surface area (Å²) in [7, 11) is 1.42. The Morgan fingerprint density at radius 1 is 1.24 bits per heavy atom. The fourth-order valence-corrected chi connectivity index (χ4v) is 2.86. The van der Waals surface area contributed by atoms with Crippen LogP contribution >= 0.6 is 0 Å². The highest BCUT2D eigenvalue weighted by Crippen LogP contribution is 2.23. The summed E-state index contributed by atoms with van der Waals surface area (Å²) in [4.78, 5) is 36.9. The van der Waals surface area contributed by atoms with Crippen molar-refractivity contribution < 1.29 is 19.5 Å². The lowest BCUT2D eigenvalue weighted by Gasteiger charge is -2.16. The number of hydrogen-bond donors (Lipinski definition) is 2. The number of hydrogen-bond acceptors (Lipinski definition) is 4. The molecule has 1 saturated carbocycles. The van der Waals surface area contributed by atoms with Crippen LogP contribution < -0.4 is 5.32 Å². The van der Waals surface area contributed by atoms with Gasteiger partial charge in [-0.2, -0.15) is 0 Å². The van der Waals surface area contributed by atoms with Crippen LogP contribution in [-0.2, 0) is 0 Å². The summed E-state index contributed by atoms with van der Waals surface area (Å²) in [5.41, 5.74) is 0.895. The first-order chi connectivity index (χ1) is 9.99. The summed E-state index contributed by atoms with van der Waals surface area (Å²) in [6.07, 6.45) is 1.80. The number of amides is 3. The lowest BCUT2D eigenvalue weighted by molar-refractivity contribution is 0.0693. The molecule has 1 aliphatic heterocycles. The number of carbonyl (C=O) groups is 3. The van der Waals surface area contributed by atoms with E-state index in [9.17, 15) is 19.5 Å². The average Bonchev–Trinajstić information content (AvgIpc) is 2.97. The molecule has 6 nitrogen and oxygen atoms in total. The van der Waals surface area contributed by atoms with Crippen molar-refractivity contribution in [2.24, 2.45) is 0 Å². The van der Waals surface area contributed by atoms with Gasteiger partial charge in [-0.15, -0.1) is 0 Å². The molecule has 0 aromatic heterocycles.